The van der Waals surface area contributed by atoms with Crippen molar-refractivity contribution in [2.75, 3.05) is 0 Å². The topological polar surface area (TPSA) is 76.7 Å². The molecule has 2 unspecified atom stereocenters. The number of ether oxygens (including phenoxy) is 1. The number of carboxylic acids is 1. The van der Waals surface area contributed by atoms with Gasteiger partial charge in [-0.25, -0.2) is 9.18 Å². The molecule has 1 aromatic heterocycles. The maximum Gasteiger partial charge on any atom is 0.354 e. The van der Waals surface area contributed by atoms with Crippen molar-refractivity contribution in [3.8, 4) is 5.75 Å². The second kappa shape index (κ2) is 5.67. The highest BCUT2D eigenvalue weighted by Gasteiger charge is 2.59. The van der Waals surface area contributed by atoms with Gasteiger partial charge in [-0.3, -0.25) is 4.79 Å². The molecule has 0 fully saturated rings. The molecule has 132 valence electrons. The van der Waals surface area contributed by atoms with E-state index in [0.29, 0.717) is 21.0 Å². The van der Waals surface area contributed by atoms with Crippen molar-refractivity contribution in [2.24, 2.45) is 0 Å². The molecule has 0 saturated heterocycles. The van der Waals surface area contributed by atoms with Gasteiger partial charge in [0.25, 0.3) is 0 Å². The molecular formula is C19H12BrFO5. The number of benzene rings is 2. The summed E-state index contributed by atoms with van der Waals surface area (Å²) in [4.78, 5) is 24.6. The van der Waals surface area contributed by atoms with Gasteiger partial charge < -0.3 is 14.3 Å². The lowest BCUT2D eigenvalue weighted by Gasteiger charge is -2.35. The lowest BCUT2D eigenvalue weighted by molar-refractivity contribution is -0.154. The van der Waals surface area contributed by atoms with Crippen LogP contribution < -0.4 is 4.74 Å². The molecule has 2 atom stereocenters. The van der Waals surface area contributed by atoms with Crippen LogP contribution in [0.2, 0.25) is 0 Å². The normalized spacial score (nSPS) is 22.1. The highest BCUT2D eigenvalue weighted by atomic mass is 79.9. The smallest absolute Gasteiger partial charge is 0.354 e. The zero-order valence-corrected chi connectivity index (χ0v) is 15.0. The molecule has 1 N–H and O–H groups in total. The van der Waals surface area contributed by atoms with Crippen LogP contribution in [0.3, 0.4) is 0 Å². The first-order chi connectivity index (χ1) is 12.3. The summed E-state index contributed by atoms with van der Waals surface area (Å²) < 4.78 is 27.4. The number of hydrogen-bond donors (Lipinski definition) is 1. The molecule has 1 aliphatic heterocycles. The van der Waals surface area contributed by atoms with Crippen molar-refractivity contribution < 1.29 is 28.2 Å². The van der Waals surface area contributed by atoms with Crippen LogP contribution in [0, 0.1) is 6.92 Å². The number of rotatable bonds is 2. The van der Waals surface area contributed by atoms with Gasteiger partial charge in [-0.2, -0.15) is 0 Å². The Morgan fingerprint density at radius 2 is 2.08 bits per heavy atom. The molecule has 7 heteroatoms. The third kappa shape index (κ3) is 2.20. The van der Waals surface area contributed by atoms with Crippen molar-refractivity contribution in [3.63, 3.8) is 0 Å². The molecule has 2 heterocycles. The summed E-state index contributed by atoms with van der Waals surface area (Å²) in [6.45, 7) is 1.77. The van der Waals surface area contributed by atoms with E-state index in [1.165, 1.54) is 30.5 Å². The Morgan fingerprint density at radius 1 is 1.31 bits per heavy atom. The second-order valence-corrected chi connectivity index (χ2v) is 7.05. The van der Waals surface area contributed by atoms with E-state index in [1.807, 2.05) is 0 Å². The Kier molecular flexibility index (Phi) is 3.66. The van der Waals surface area contributed by atoms with Crippen molar-refractivity contribution >= 4 is 38.7 Å². The number of carbonyl (C=O) groups is 2. The van der Waals surface area contributed by atoms with Crippen molar-refractivity contribution in [3.05, 3.63) is 63.8 Å². The van der Waals surface area contributed by atoms with Crippen LogP contribution in [0.5, 0.6) is 5.75 Å². The molecule has 0 bridgehead atoms. The van der Waals surface area contributed by atoms with Crippen molar-refractivity contribution in [2.45, 2.75) is 18.7 Å². The Labute approximate surface area is 155 Å². The maximum absolute atomic E-state index is 15.6. The van der Waals surface area contributed by atoms with Gasteiger partial charge in [0.1, 0.15) is 11.3 Å². The summed E-state index contributed by atoms with van der Waals surface area (Å²) >= 11 is 3.27. The molecule has 4 rings (SSSR count). The molecule has 0 saturated carbocycles. The molecular weight excluding hydrogens is 407 g/mol. The number of aliphatic carboxylic acids is 1. The summed E-state index contributed by atoms with van der Waals surface area (Å²) in [5.74, 6) is -2.89. The van der Waals surface area contributed by atoms with Gasteiger partial charge in [-0.15, -0.1) is 0 Å². The molecule has 26 heavy (non-hydrogen) atoms. The van der Waals surface area contributed by atoms with Gasteiger partial charge in [0.15, 0.2) is 6.10 Å². The first-order valence-corrected chi connectivity index (χ1v) is 8.53. The number of carbonyl (C=O) groups excluding carboxylic acids is 1. The largest absolute Gasteiger partial charge is 0.480 e. The van der Waals surface area contributed by atoms with E-state index >= 15 is 4.39 Å². The third-order valence-corrected chi connectivity index (χ3v) is 5.00. The number of Topliss-reactive ketones (excluding diaryl/α,β-unsaturated/α-hetero) is 1. The zero-order chi connectivity index (χ0) is 18.6. The van der Waals surface area contributed by atoms with Crippen LogP contribution in [-0.4, -0.2) is 22.5 Å². The Balaban J connectivity index is 2.01. The van der Waals surface area contributed by atoms with Gasteiger partial charge >= 0.3 is 11.6 Å². The van der Waals surface area contributed by atoms with Gasteiger partial charge in [0.2, 0.25) is 5.78 Å². The molecule has 0 spiro atoms. The minimum atomic E-state index is -3.24. The maximum atomic E-state index is 15.6. The van der Waals surface area contributed by atoms with Gasteiger partial charge in [-0.05, 0) is 42.3 Å². The second-order valence-electron chi connectivity index (χ2n) is 6.13. The number of ketones is 1. The van der Waals surface area contributed by atoms with Crippen LogP contribution in [0.1, 0.15) is 27.6 Å². The van der Waals surface area contributed by atoms with E-state index in [-0.39, 0.29) is 16.9 Å². The van der Waals surface area contributed by atoms with E-state index in [4.69, 9.17) is 9.15 Å². The molecule has 3 aromatic rings. The monoisotopic (exact) mass is 418 g/mol. The molecule has 0 radical (unpaired) electrons. The Morgan fingerprint density at radius 3 is 2.77 bits per heavy atom. The van der Waals surface area contributed by atoms with E-state index in [0.717, 1.165) is 0 Å². The van der Waals surface area contributed by atoms with E-state index in [1.54, 1.807) is 19.1 Å². The summed E-state index contributed by atoms with van der Waals surface area (Å²) in [6.07, 6.45) is -0.126. The number of fused-ring (bicyclic) bond motifs is 3. The molecule has 5 nitrogen and oxygen atoms in total. The fourth-order valence-electron chi connectivity index (χ4n) is 3.24. The molecule has 1 aliphatic rings. The number of carboxylic acid groups (broad SMARTS) is 1. The number of hydrogen-bond acceptors (Lipinski definition) is 4. The average Bonchev–Trinajstić information content (AvgIpc) is 2.99. The number of alkyl halides is 1. The molecule has 2 aromatic carbocycles. The standard InChI is InChI=1S/C19H12BrFO5/c1-9-8-25-13-6-5-12-15(14(9)13)26-17(10-3-2-4-11(20)7-10)19(21,16(12)22)18(23)24/h2-8,17H,1H3,(H,23,24). The predicted molar refractivity (Wildman–Crippen MR) is 94.3 cm³/mol. The lowest BCUT2D eigenvalue weighted by atomic mass is 9.82. The van der Waals surface area contributed by atoms with Crippen LogP contribution in [0.25, 0.3) is 11.0 Å². The molecule has 0 amide bonds. The van der Waals surface area contributed by atoms with Crippen LogP contribution in [0.15, 0.2) is 51.6 Å². The number of aryl methyl sites for hydroxylation is 1. The number of furan rings is 1. The summed E-state index contributed by atoms with van der Waals surface area (Å²) in [7, 11) is 0. The Hall–Kier alpha value is -2.67. The van der Waals surface area contributed by atoms with Gasteiger partial charge in [0, 0.05) is 4.47 Å². The first-order valence-electron chi connectivity index (χ1n) is 7.74. The lowest BCUT2D eigenvalue weighted by Crippen LogP contribution is -2.52. The first kappa shape index (κ1) is 16.8. The van der Waals surface area contributed by atoms with E-state index in [2.05, 4.69) is 15.9 Å². The average molecular weight is 419 g/mol. The summed E-state index contributed by atoms with van der Waals surface area (Å²) in [5, 5.41) is 10.0. The van der Waals surface area contributed by atoms with Crippen LogP contribution in [0.4, 0.5) is 4.39 Å². The minimum absolute atomic E-state index is 0.113. The van der Waals surface area contributed by atoms with Gasteiger partial charge in [0.05, 0.1) is 17.2 Å². The predicted octanol–water partition coefficient (Wildman–Crippen LogP) is 4.61. The van der Waals surface area contributed by atoms with Crippen molar-refractivity contribution in [1.29, 1.82) is 0 Å². The molecule has 0 aliphatic carbocycles. The van der Waals surface area contributed by atoms with Crippen LogP contribution >= 0.6 is 15.9 Å². The van der Waals surface area contributed by atoms with Crippen molar-refractivity contribution in [1.82, 2.24) is 0 Å². The highest BCUT2D eigenvalue weighted by Crippen LogP contribution is 2.47. The SMILES string of the molecule is Cc1coc2ccc3c(c12)OC(c1cccc(Br)c1)C(F)(C(=O)O)C3=O. The van der Waals surface area contributed by atoms with Gasteiger partial charge in [-0.1, -0.05) is 28.1 Å². The summed E-state index contributed by atoms with van der Waals surface area (Å²) in [6, 6.07) is 9.22. The highest BCUT2D eigenvalue weighted by molar-refractivity contribution is 9.10. The minimum Gasteiger partial charge on any atom is -0.480 e. The van der Waals surface area contributed by atoms with E-state index < -0.39 is 23.5 Å². The van der Waals surface area contributed by atoms with Crippen LogP contribution in [-0.2, 0) is 4.79 Å². The number of halogens is 2. The fraction of sp³-hybridized carbons (Fsp3) is 0.158. The zero-order valence-electron chi connectivity index (χ0n) is 13.5. The third-order valence-electron chi connectivity index (χ3n) is 4.51. The quantitative estimate of drug-likeness (QED) is 0.614. The van der Waals surface area contributed by atoms with E-state index in [9.17, 15) is 14.7 Å². The fourth-order valence-corrected chi connectivity index (χ4v) is 3.66. The Bertz CT molecular complexity index is 1070. The summed E-state index contributed by atoms with van der Waals surface area (Å²) in [5.41, 5.74) is -1.93.